The van der Waals surface area contributed by atoms with E-state index in [1.807, 2.05) is 18.2 Å². The van der Waals surface area contributed by atoms with Gasteiger partial charge in [-0.2, -0.15) is 0 Å². The molecule has 0 aliphatic heterocycles. The van der Waals surface area contributed by atoms with Crippen molar-refractivity contribution in [1.29, 1.82) is 0 Å². The van der Waals surface area contributed by atoms with Crippen LogP contribution >= 0.6 is 0 Å². The van der Waals surface area contributed by atoms with E-state index in [1.54, 1.807) is 0 Å². The molecule has 0 aliphatic carbocycles. The van der Waals surface area contributed by atoms with Gasteiger partial charge in [0, 0.05) is 18.5 Å². The van der Waals surface area contributed by atoms with Gasteiger partial charge in [-0.05, 0) is 42.9 Å². The molecule has 0 unspecified atom stereocenters. The van der Waals surface area contributed by atoms with Crippen molar-refractivity contribution in [2.45, 2.75) is 33.6 Å². The van der Waals surface area contributed by atoms with E-state index in [-0.39, 0.29) is 12.0 Å². The van der Waals surface area contributed by atoms with Crippen LogP contribution in [0, 0.1) is 12.3 Å². The predicted octanol–water partition coefficient (Wildman–Crippen LogP) is 3.75. The molecule has 0 fully saturated rings. The highest BCUT2D eigenvalue weighted by molar-refractivity contribution is 5.81. The minimum absolute atomic E-state index is 0.155. The van der Waals surface area contributed by atoms with Crippen molar-refractivity contribution in [3.8, 4) is 0 Å². The molecule has 1 heterocycles. The number of aromatic nitrogens is 1. The number of aliphatic hydroxyl groups is 1. The molecule has 0 aliphatic rings. The number of rotatable bonds is 6. The molecule has 3 nitrogen and oxygen atoms in total. The molecule has 0 amide bonds. The Morgan fingerprint density at radius 2 is 2.00 bits per heavy atom. The van der Waals surface area contributed by atoms with Gasteiger partial charge in [0.2, 0.25) is 0 Å². The summed E-state index contributed by atoms with van der Waals surface area (Å²) in [5, 5.41) is 13.6. The van der Waals surface area contributed by atoms with Gasteiger partial charge in [0.25, 0.3) is 0 Å². The van der Waals surface area contributed by atoms with E-state index < -0.39 is 0 Å². The van der Waals surface area contributed by atoms with E-state index in [4.69, 9.17) is 10.1 Å². The highest BCUT2D eigenvalue weighted by atomic mass is 16.2. The zero-order valence-electron chi connectivity index (χ0n) is 12.6. The molecule has 3 heteroatoms. The maximum absolute atomic E-state index is 8.94. The Hall–Kier alpha value is -1.61. The van der Waals surface area contributed by atoms with E-state index in [9.17, 15) is 0 Å². The second-order valence-electron chi connectivity index (χ2n) is 6.19. The normalized spacial score (nSPS) is 11.8. The molecule has 0 saturated carbocycles. The van der Waals surface area contributed by atoms with Crippen molar-refractivity contribution in [1.82, 2.24) is 4.98 Å². The first kappa shape index (κ1) is 14.8. The van der Waals surface area contributed by atoms with Gasteiger partial charge in [0.1, 0.15) is 5.82 Å². The van der Waals surface area contributed by atoms with Gasteiger partial charge in [-0.1, -0.05) is 32.0 Å². The quantitative estimate of drug-likeness (QED) is 0.841. The Morgan fingerprint density at radius 1 is 1.25 bits per heavy atom. The maximum Gasteiger partial charge on any atom is 0.129 e. The van der Waals surface area contributed by atoms with E-state index in [1.165, 1.54) is 10.9 Å². The van der Waals surface area contributed by atoms with Crippen LogP contribution < -0.4 is 5.32 Å². The van der Waals surface area contributed by atoms with Crippen LogP contribution in [-0.4, -0.2) is 23.2 Å². The van der Waals surface area contributed by atoms with E-state index in [2.05, 4.69) is 38.2 Å². The van der Waals surface area contributed by atoms with Crippen molar-refractivity contribution < 1.29 is 5.11 Å². The smallest absolute Gasteiger partial charge is 0.129 e. The fraction of sp³-hybridized carbons (Fsp3) is 0.471. The van der Waals surface area contributed by atoms with Gasteiger partial charge in [0.05, 0.1) is 5.52 Å². The molecule has 0 bridgehead atoms. The van der Waals surface area contributed by atoms with Crippen LogP contribution in [-0.2, 0) is 0 Å². The van der Waals surface area contributed by atoms with Crippen molar-refractivity contribution in [2.75, 3.05) is 18.5 Å². The van der Waals surface area contributed by atoms with E-state index >= 15 is 0 Å². The van der Waals surface area contributed by atoms with Crippen molar-refractivity contribution >= 4 is 16.7 Å². The summed E-state index contributed by atoms with van der Waals surface area (Å²) >= 11 is 0. The van der Waals surface area contributed by atoms with E-state index in [0.29, 0.717) is 0 Å². The van der Waals surface area contributed by atoms with Crippen molar-refractivity contribution in [2.24, 2.45) is 5.41 Å². The molecule has 0 spiro atoms. The first-order valence-electron chi connectivity index (χ1n) is 7.23. The summed E-state index contributed by atoms with van der Waals surface area (Å²) in [7, 11) is 0. The number of benzene rings is 1. The number of aliphatic hydroxyl groups excluding tert-OH is 1. The first-order valence-corrected chi connectivity index (χ1v) is 7.23. The highest BCUT2D eigenvalue weighted by Gasteiger charge is 2.17. The van der Waals surface area contributed by atoms with Crippen LogP contribution in [0.2, 0.25) is 0 Å². The summed E-state index contributed by atoms with van der Waals surface area (Å²) in [6.07, 6.45) is 1.85. The number of fused-ring (bicyclic) bond motifs is 1. The molecule has 2 N–H and O–H groups in total. The second kappa shape index (κ2) is 6.23. The average Bonchev–Trinajstić information content (AvgIpc) is 2.43. The Bertz CT molecular complexity index is 578. The SMILES string of the molecule is Cc1cc2ccccc2nc1NCC(C)(C)CCCO. The summed E-state index contributed by atoms with van der Waals surface area (Å²) < 4.78 is 0. The number of nitrogens with zero attached hydrogens (tertiary/aromatic N) is 1. The highest BCUT2D eigenvalue weighted by Crippen LogP contribution is 2.25. The van der Waals surface area contributed by atoms with Gasteiger partial charge in [-0.25, -0.2) is 4.98 Å². The number of hydrogen-bond donors (Lipinski definition) is 2. The van der Waals surface area contributed by atoms with Crippen LogP contribution in [0.4, 0.5) is 5.82 Å². The van der Waals surface area contributed by atoms with Crippen LogP contribution in [0.15, 0.2) is 30.3 Å². The minimum atomic E-state index is 0.155. The third-order valence-corrected chi connectivity index (χ3v) is 3.66. The lowest BCUT2D eigenvalue weighted by atomic mass is 9.88. The first-order chi connectivity index (χ1) is 9.52. The number of hydrogen-bond acceptors (Lipinski definition) is 3. The van der Waals surface area contributed by atoms with Crippen LogP contribution in [0.5, 0.6) is 0 Å². The number of anilines is 1. The van der Waals surface area contributed by atoms with Gasteiger partial charge < -0.3 is 10.4 Å². The van der Waals surface area contributed by atoms with Gasteiger partial charge >= 0.3 is 0 Å². The lowest BCUT2D eigenvalue weighted by Crippen LogP contribution is -2.24. The molecule has 1 aromatic carbocycles. The molecular formula is C17H24N2O. The minimum Gasteiger partial charge on any atom is -0.396 e. The third-order valence-electron chi connectivity index (χ3n) is 3.66. The molecular weight excluding hydrogens is 248 g/mol. The molecule has 0 radical (unpaired) electrons. The third kappa shape index (κ3) is 3.70. The lowest BCUT2D eigenvalue weighted by Gasteiger charge is -2.25. The Kier molecular flexibility index (Phi) is 4.61. The standard InChI is InChI=1S/C17H24N2O/c1-13-11-14-7-4-5-8-15(14)19-16(13)18-12-17(2,3)9-6-10-20/h4-5,7-8,11,20H,6,9-10,12H2,1-3H3,(H,18,19). The second-order valence-corrected chi connectivity index (χ2v) is 6.19. The molecule has 2 rings (SSSR count). The molecule has 2 aromatic rings. The number of aryl methyl sites for hydroxylation is 1. The Labute approximate surface area is 121 Å². The van der Waals surface area contributed by atoms with Crippen LogP contribution in [0.1, 0.15) is 32.3 Å². The molecule has 0 saturated heterocycles. The summed E-state index contributed by atoms with van der Waals surface area (Å²) in [5.41, 5.74) is 2.35. The number of nitrogens with one attached hydrogen (secondary N) is 1. The summed E-state index contributed by atoms with van der Waals surface area (Å²) in [6, 6.07) is 10.3. The molecule has 1 aromatic heterocycles. The van der Waals surface area contributed by atoms with Crippen LogP contribution in [0.3, 0.4) is 0 Å². The molecule has 20 heavy (non-hydrogen) atoms. The topological polar surface area (TPSA) is 45.2 Å². The number of pyridine rings is 1. The fourth-order valence-electron chi connectivity index (χ4n) is 2.37. The Morgan fingerprint density at radius 3 is 2.75 bits per heavy atom. The summed E-state index contributed by atoms with van der Waals surface area (Å²) in [6.45, 7) is 7.64. The fourth-order valence-corrected chi connectivity index (χ4v) is 2.37. The molecule has 108 valence electrons. The average molecular weight is 272 g/mol. The van der Waals surface area contributed by atoms with Crippen molar-refractivity contribution in [3.05, 3.63) is 35.9 Å². The maximum atomic E-state index is 8.94. The summed E-state index contributed by atoms with van der Waals surface area (Å²) in [4.78, 5) is 4.70. The van der Waals surface area contributed by atoms with Gasteiger partial charge in [-0.15, -0.1) is 0 Å². The van der Waals surface area contributed by atoms with Crippen molar-refractivity contribution in [3.63, 3.8) is 0 Å². The number of para-hydroxylation sites is 1. The molecule has 0 atom stereocenters. The largest absolute Gasteiger partial charge is 0.396 e. The lowest BCUT2D eigenvalue weighted by molar-refractivity contribution is 0.248. The zero-order valence-corrected chi connectivity index (χ0v) is 12.6. The van der Waals surface area contributed by atoms with Gasteiger partial charge in [-0.3, -0.25) is 0 Å². The summed E-state index contributed by atoms with van der Waals surface area (Å²) in [5.74, 6) is 0.959. The van der Waals surface area contributed by atoms with Crippen LogP contribution in [0.25, 0.3) is 10.9 Å². The monoisotopic (exact) mass is 272 g/mol. The van der Waals surface area contributed by atoms with E-state index in [0.717, 1.165) is 30.7 Å². The van der Waals surface area contributed by atoms with Gasteiger partial charge in [0.15, 0.2) is 0 Å². The zero-order chi connectivity index (χ0) is 14.6. The predicted molar refractivity (Wildman–Crippen MR) is 85.1 cm³/mol. The Balaban J connectivity index is 2.11.